The number of halogens is 2. The number of pyridine rings is 2. The van der Waals surface area contributed by atoms with E-state index in [1.807, 2.05) is 27.7 Å². The highest BCUT2D eigenvalue weighted by Crippen LogP contribution is 2.41. The van der Waals surface area contributed by atoms with Gasteiger partial charge in [-0.05, 0) is 143 Å². The molecule has 0 saturated carbocycles. The fourth-order valence-electron chi connectivity index (χ4n) is 6.94. The predicted molar refractivity (Wildman–Crippen MR) is 224 cm³/mol. The Morgan fingerprint density at radius 3 is 1.77 bits per heavy atom. The Morgan fingerprint density at radius 1 is 0.767 bits per heavy atom. The highest BCUT2D eigenvalue weighted by Gasteiger charge is 2.26. The first-order valence-electron chi connectivity index (χ1n) is 19.2. The molecule has 0 saturated heterocycles. The van der Waals surface area contributed by atoms with Crippen molar-refractivity contribution in [1.82, 2.24) is 34.3 Å². The lowest BCUT2D eigenvalue weighted by atomic mass is 9.97. The van der Waals surface area contributed by atoms with Gasteiger partial charge in [0.25, 0.3) is 6.26 Å². The molecule has 2 aromatic carbocycles. The number of benzene rings is 2. The third-order valence-corrected chi connectivity index (χ3v) is 11.4. The van der Waals surface area contributed by atoms with E-state index in [1.54, 1.807) is 89.2 Å². The number of nitrogens with two attached hydrogens (primary N) is 1. The zero-order valence-corrected chi connectivity index (χ0v) is 35.0. The molecule has 2 unspecified atom stereocenters. The predicted octanol–water partition coefficient (Wildman–Crippen LogP) is 7.68. The van der Waals surface area contributed by atoms with Gasteiger partial charge in [0.1, 0.15) is 22.6 Å². The molecule has 0 aliphatic heterocycles. The van der Waals surface area contributed by atoms with Gasteiger partial charge in [-0.15, -0.1) is 5.26 Å². The summed E-state index contributed by atoms with van der Waals surface area (Å²) in [5.74, 6) is -0.00438. The van der Waals surface area contributed by atoms with Crippen LogP contribution in [0, 0.1) is 23.2 Å². The second-order valence-electron chi connectivity index (χ2n) is 14.4. The third kappa shape index (κ3) is 10.2. The molecular formula is C42H44F2N10O4S2. The quantitative estimate of drug-likeness (QED) is 0.122. The minimum Gasteiger partial charge on any atom is -0.387 e. The van der Waals surface area contributed by atoms with E-state index in [0.29, 0.717) is 58.0 Å². The van der Waals surface area contributed by atoms with Gasteiger partial charge in [-0.1, -0.05) is 0 Å². The SMILES string of the molecule is CC(C)n1ccc(S(=O)NC(=O)Nc2c(-c3ccncc3)cc(F)c3c2CCC3)n1.CC(C)n1ccc(S(N)=O)n1.N#COc1c(-c2ccncc2)cc(F)c2c1CCC2. The maximum absolute atomic E-state index is 14.7. The number of nitrogens with one attached hydrogen (secondary N) is 2. The summed E-state index contributed by atoms with van der Waals surface area (Å²) in [6.45, 7) is 7.90. The van der Waals surface area contributed by atoms with Gasteiger partial charge >= 0.3 is 6.03 Å². The lowest BCUT2D eigenvalue weighted by Crippen LogP contribution is -2.31. The van der Waals surface area contributed by atoms with Crippen LogP contribution in [0.25, 0.3) is 22.3 Å². The van der Waals surface area contributed by atoms with Crippen LogP contribution in [0.15, 0.2) is 95.8 Å². The zero-order valence-electron chi connectivity index (χ0n) is 33.4. The molecule has 0 fully saturated rings. The first-order chi connectivity index (χ1) is 28.9. The standard InChI is InChI=1S/C21H22FN5O2S.C15H11FN2O.C6H11N3OS/c1-13(2)27-11-8-19(25-27)30(29)26-21(28)24-20-16-5-3-4-15(16)18(22)12-17(20)14-6-9-23-10-7-14;16-14-8-13(10-4-6-18-7-5-10)15(19-9-17)12-3-1-2-11(12)14;1-5(2)9-4-3-6(8-9)11(7)10/h6-13H,3-5H2,1-2H3,(H2,24,26,28);4-8H,1-3H2;3-5H,7H2,1-2H3. The number of nitriles is 1. The Balaban J connectivity index is 0.000000171. The van der Waals surface area contributed by atoms with Crippen LogP contribution in [0.1, 0.15) is 74.9 Å². The number of carbonyl (C=O) groups is 1. The van der Waals surface area contributed by atoms with Gasteiger partial charge in [0, 0.05) is 66.0 Å². The molecule has 2 atom stereocenters. The highest BCUT2D eigenvalue weighted by atomic mass is 32.2. The highest BCUT2D eigenvalue weighted by molar-refractivity contribution is 7.83. The summed E-state index contributed by atoms with van der Waals surface area (Å²) in [7, 11) is -3.27. The second kappa shape index (κ2) is 19.7. The summed E-state index contributed by atoms with van der Waals surface area (Å²) in [5.41, 5.74) is 6.18. The van der Waals surface area contributed by atoms with Crippen LogP contribution in [0.4, 0.5) is 19.3 Å². The molecule has 0 bridgehead atoms. The van der Waals surface area contributed by atoms with Gasteiger partial charge < -0.3 is 10.1 Å². The number of fused-ring (bicyclic) bond motifs is 2. The first-order valence-corrected chi connectivity index (χ1v) is 21.5. The monoisotopic (exact) mass is 854 g/mol. The number of ether oxygens (including phenoxy) is 1. The Morgan fingerprint density at radius 2 is 1.25 bits per heavy atom. The number of carbonyl (C=O) groups excluding carboxylic acids is 1. The first kappa shape index (κ1) is 43.4. The van der Waals surface area contributed by atoms with Crippen LogP contribution in [0.2, 0.25) is 0 Å². The van der Waals surface area contributed by atoms with Gasteiger partial charge in [0.15, 0.2) is 26.8 Å². The van der Waals surface area contributed by atoms with Crippen LogP contribution in [-0.2, 0) is 47.7 Å². The van der Waals surface area contributed by atoms with Crippen LogP contribution in [-0.4, -0.2) is 44.0 Å². The van der Waals surface area contributed by atoms with Crippen LogP contribution in [0.3, 0.4) is 0 Å². The molecular weight excluding hydrogens is 811 g/mol. The maximum Gasteiger partial charge on any atom is 0.331 e. The van der Waals surface area contributed by atoms with Crippen LogP contribution in [0.5, 0.6) is 5.75 Å². The molecule has 8 rings (SSSR count). The Bertz CT molecular complexity index is 2560. The third-order valence-electron chi connectivity index (χ3n) is 9.82. The Labute approximate surface area is 351 Å². The summed E-state index contributed by atoms with van der Waals surface area (Å²) in [4.78, 5) is 20.6. The van der Waals surface area contributed by atoms with E-state index in [2.05, 4.69) is 30.2 Å². The molecule has 2 aliphatic carbocycles. The van der Waals surface area contributed by atoms with E-state index >= 15 is 0 Å². The van der Waals surface area contributed by atoms with E-state index in [-0.39, 0.29) is 28.7 Å². The summed E-state index contributed by atoms with van der Waals surface area (Å²) in [6.07, 6.45) is 16.2. The van der Waals surface area contributed by atoms with E-state index in [4.69, 9.17) is 15.1 Å². The minimum absolute atomic E-state index is 0.120. The van der Waals surface area contributed by atoms with Crippen molar-refractivity contribution >= 4 is 33.7 Å². The molecule has 2 amide bonds. The van der Waals surface area contributed by atoms with Gasteiger partial charge in [0.2, 0.25) is 0 Å². The van der Waals surface area contributed by atoms with Crippen molar-refractivity contribution in [3.63, 3.8) is 0 Å². The Kier molecular flexibility index (Phi) is 14.3. The van der Waals surface area contributed by atoms with Gasteiger partial charge in [0.05, 0.1) is 5.69 Å². The number of aromatic nitrogens is 6. The molecule has 4 N–H and O–H groups in total. The fourth-order valence-corrected chi connectivity index (χ4v) is 7.99. The number of hydrogen-bond acceptors (Lipinski definition) is 9. The maximum atomic E-state index is 14.7. The van der Waals surface area contributed by atoms with E-state index in [1.165, 1.54) is 12.1 Å². The summed E-state index contributed by atoms with van der Waals surface area (Å²) >= 11 is 0. The molecule has 60 heavy (non-hydrogen) atoms. The number of amides is 2. The Hall–Kier alpha value is -6.16. The lowest BCUT2D eigenvalue weighted by molar-refractivity contribution is 0.257. The molecule has 0 spiro atoms. The number of anilines is 1. The van der Waals surface area contributed by atoms with Crippen LogP contribution < -0.4 is 19.9 Å². The number of rotatable bonds is 9. The normalized spacial score (nSPS) is 13.5. The van der Waals surface area contributed by atoms with Crippen LogP contribution >= 0.6 is 0 Å². The number of hydrogen-bond donors (Lipinski definition) is 3. The number of urea groups is 1. The van der Waals surface area contributed by atoms with Crippen molar-refractivity contribution in [3.8, 4) is 34.3 Å². The van der Waals surface area contributed by atoms with Crippen molar-refractivity contribution in [2.75, 3.05) is 5.32 Å². The minimum atomic E-state index is -1.81. The zero-order chi connectivity index (χ0) is 42.9. The molecule has 14 nitrogen and oxygen atoms in total. The number of nitrogens with zero attached hydrogens (tertiary/aromatic N) is 7. The summed E-state index contributed by atoms with van der Waals surface area (Å²) < 4.78 is 62.9. The summed E-state index contributed by atoms with van der Waals surface area (Å²) in [6, 6.07) is 13.0. The van der Waals surface area contributed by atoms with Crippen molar-refractivity contribution < 1.29 is 26.7 Å². The largest absolute Gasteiger partial charge is 0.387 e. The average Bonchev–Trinajstić information content (AvgIpc) is 4.08. The van der Waals surface area contributed by atoms with E-state index in [9.17, 15) is 22.0 Å². The molecule has 6 aromatic rings. The lowest BCUT2D eigenvalue weighted by Gasteiger charge is -2.17. The van der Waals surface area contributed by atoms with Crippen molar-refractivity contribution in [2.24, 2.45) is 5.14 Å². The topological polar surface area (TPSA) is 196 Å². The van der Waals surface area contributed by atoms with E-state index in [0.717, 1.165) is 41.5 Å². The smallest absolute Gasteiger partial charge is 0.331 e. The molecule has 4 aromatic heterocycles. The van der Waals surface area contributed by atoms with Crippen molar-refractivity contribution in [2.45, 2.75) is 88.4 Å². The molecule has 18 heteroatoms. The van der Waals surface area contributed by atoms with Gasteiger partial charge in [-0.3, -0.25) is 24.1 Å². The average molecular weight is 855 g/mol. The molecule has 4 heterocycles. The molecule has 2 aliphatic rings. The molecule has 0 radical (unpaired) electrons. The van der Waals surface area contributed by atoms with Crippen molar-refractivity contribution in [3.05, 3.63) is 120 Å². The second-order valence-corrected chi connectivity index (χ2v) is 16.6. The fraction of sp³-hybridized carbons (Fsp3) is 0.286. The molecule has 312 valence electrons. The van der Waals surface area contributed by atoms with Crippen molar-refractivity contribution in [1.29, 1.82) is 5.26 Å². The van der Waals surface area contributed by atoms with Gasteiger partial charge in [-0.2, -0.15) is 10.2 Å². The van der Waals surface area contributed by atoms with E-state index < -0.39 is 28.0 Å². The summed E-state index contributed by atoms with van der Waals surface area (Å²) in [5, 5.41) is 25.7. The van der Waals surface area contributed by atoms with Gasteiger partial charge in [-0.25, -0.2) is 27.1 Å².